The molecule has 0 aliphatic rings. The lowest BCUT2D eigenvalue weighted by molar-refractivity contribution is 0.568. The van der Waals surface area contributed by atoms with Gasteiger partial charge in [-0.25, -0.2) is 9.97 Å². The van der Waals surface area contributed by atoms with Gasteiger partial charge in [-0.15, -0.1) is 0 Å². The quantitative estimate of drug-likeness (QED) is 0.670. The highest BCUT2D eigenvalue weighted by molar-refractivity contribution is 9.10. The van der Waals surface area contributed by atoms with Crippen molar-refractivity contribution < 1.29 is 0 Å². The zero-order valence-electron chi connectivity index (χ0n) is 11.5. The number of nitrogens with zero attached hydrogens (tertiary/aromatic N) is 2. The molecule has 0 spiro atoms. The van der Waals surface area contributed by atoms with E-state index in [1.54, 1.807) is 0 Å². The Morgan fingerprint density at radius 3 is 2.37 bits per heavy atom. The molecule has 0 aliphatic heterocycles. The van der Waals surface area contributed by atoms with Crippen molar-refractivity contribution in [1.82, 2.24) is 9.97 Å². The van der Waals surface area contributed by atoms with E-state index in [1.165, 1.54) is 5.56 Å². The summed E-state index contributed by atoms with van der Waals surface area (Å²) >= 11 is 9.65. The molecule has 2 nitrogen and oxygen atoms in total. The van der Waals surface area contributed by atoms with Crippen molar-refractivity contribution in [3.63, 3.8) is 0 Å². The molecular formula is C15H16BrClN2. The minimum absolute atomic E-state index is 0.0523. The van der Waals surface area contributed by atoms with Gasteiger partial charge in [-0.3, -0.25) is 0 Å². The Morgan fingerprint density at radius 2 is 1.79 bits per heavy atom. The number of aryl methyl sites for hydroxylation is 1. The Hall–Kier alpha value is -0.930. The Bertz CT molecular complexity index is 618. The van der Waals surface area contributed by atoms with Crippen LogP contribution in [0.15, 0.2) is 28.7 Å². The molecule has 0 unspecified atom stereocenters. The summed E-state index contributed by atoms with van der Waals surface area (Å²) in [7, 11) is 0. The van der Waals surface area contributed by atoms with E-state index in [-0.39, 0.29) is 5.41 Å². The highest BCUT2D eigenvalue weighted by atomic mass is 79.9. The van der Waals surface area contributed by atoms with Gasteiger partial charge in [-0.1, -0.05) is 60.4 Å². The first kappa shape index (κ1) is 14.5. The minimum atomic E-state index is -0.0523. The van der Waals surface area contributed by atoms with Crippen molar-refractivity contribution >= 4 is 27.5 Å². The average Bonchev–Trinajstić information content (AvgIpc) is 2.31. The molecule has 2 aromatic rings. The summed E-state index contributed by atoms with van der Waals surface area (Å²) in [5.74, 6) is 0.665. The maximum absolute atomic E-state index is 6.11. The average molecular weight is 340 g/mol. The summed E-state index contributed by atoms with van der Waals surface area (Å²) < 4.78 is 1.05. The highest BCUT2D eigenvalue weighted by Gasteiger charge is 2.18. The fraction of sp³-hybridized carbons (Fsp3) is 0.333. The van der Waals surface area contributed by atoms with E-state index in [1.807, 2.05) is 31.2 Å². The van der Waals surface area contributed by atoms with E-state index in [0.29, 0.717) is 11.0 Å². The van der Waals surface area contributed by atoms with Crippen LogP contribution in [0.3, 0.4) is 0 Å². The Kier molecular flexibility index (Phi) is 3.98. The van der Waals surface area contributed by atoms with Gasteiger partial charge in [0.05, 0.1) is 5.69 Å². The molecule has 100 valence electrons. The molecule has 0 fully saturated rings. The van der Waals surface area contributed by atoms with Crippen LogP contribution in [0.2, 0.25) is 5.15 Å². The SMILES string of the molecule is Cc1ccc(-c2nc(Cl)cc(C(C)(C)C)n2)cc1Br. The van der Waals surface area contributed by atoms with Crippen molar-refractivity contribution in [2.24, 2.45) is 0 Å². The molecule has 0 saturated heterocycles. The van der Waals surface area contributed by atoms with Crippen molar-refractivity contribution in [2.45, 2.75) is 33.1 Å². The number of benzene rings is 1. The number of hydrogen-bond donors (Lipinski definition) is 0. The first-order valence-electron chi connectivity index (χ1n) is 6.09. The Labute approximate surface area is 127 Å². The van der Waals surface area contributed by atoms with Gasteiger partial charge in [0.2, 0.25) is 0 Å². The largest absolute Gasteiger partial charge is 0.232 e. The second-order valence-electron chi connectivity index (χ2n) is 5.61. The van der Waals surface area contributed by atoms with Gasteiger partial charge in [-0.2, -0.15) is 0 Å². The lowest BCUT2D eigenvalue weighted by Gasteiger charge is -2.18. The third-order valence-corrected chi connectivity index (χ3v) is 3.94. The van der Waals surface area contributed by atoms with E-state index >= 15 is 0 Å². The van der Waals surface area contributed by atoms with Gasteiger partial charge in [0, 0.05) is 15.5 Å². The Balaban J connectivity index is 2.56. The number of hydrogen-bond acceptors (Lipinski definition) is 2. The normalized spacial score (nSPS) is 11.7. The zero-order valence-corrected chi connectivity index (χ0v) is 13.8. The minimum Gasteiger partial charge on any atom is -0.232 e. The van der Waals surface area contributed by atoms with Gasteiger partial charge in [0.1, 0.15) is 5.15 Å². The molecule has 0 atom stereocenters. The molecule has 0 N–H and O–H groups in total. The summed E-state index contributed by atoms with van der Waals surface area (Å²) in [6, 6.07) is 7.90. The summed E-state index contributed by atoms with van der Waals surface area (Å²) in [6.07, 6.45) is 0. The molecule has 0 saturated carbocycles. The van der Waals surface area contributed by atoms with E-state index in [0.717, 1.165) is 15.7 Å². The van der Waals surface area contributed by atoms with Crippen LogP contribution in [0.4, 0.5) is 0 Å². The third-order valence-electron chi connectivity index (χ3n) is 2.89. The van der Waals surface area contributed by atoms with Crippen LogP contribution in [0.5, 0.6) is 0 Å². The van der Waals surface area contributed by atoms with E-state index in [2.05, 4.69) is 46.7 Å². The van der Waals surface area contributed by atoms with Crippen LogP contribution in [0.25, 0.3) is 11.4 Å². The zero-order chi connectivity index (χ0) is 14.2. The molecule has 0 bridgehead atoms. The van der Waals surface area contributed by atoms with Crippen LogP contribution in [-0.4, -0.2) is 9.97 Å². The van der Waals surface area contributed by atoms with Gasteiger partial charge in [-0.05, 0) is 24.6 Å². The Morgan fingerprint density at radius 1 is 1.11 bits per heavy atom. The summed E-state index contributed by atoms with van der Waals surface area (Å²) in [5.41, 5.74) is 3.04. The lowest BCUT2D eigenvalue weighted by atomic mass is 9.92. The number of rotatable bonds is 1. The van der Waals surface area contributed by atoms with Crippen LogP contribution >= 0.6 is 27.5 Å². The second-order valence-corrected chi connectivity index (χ2v) is 6.86. The molecule has 0 amide bonds. The fourth-order valence-corrected chi connectivity index (χ4v) is 2.23. The van der Waals surface area contributed by atoms with E-state index in [4.69, 9.17) is 11.6 Å². The van der Waals surface area contributed by atoms with E-state index in [9.17, 15) is 0 Å². The molecule has 1 aromatic carbocycles. The lowest BCUT2D eigenvalue weighted by Crippen LogP contribution is -2.14. The van der Waals surface area contributed by atoms with Crippen LogP contribution < -0.4 is 0 Å². The van der Waals surface area contributed by atoms with E-state index < -0.39 is 0 Å². The van der Waals surface area contributed by atoms with Crippen molar-refractivity contribution in [3.05, 3.63) is 45.1 Å². The second kappa shape index (κ2) is 5.22. The van der Waals surface area contributed by atoms with Crippen LogP contribution in [0, 0.1) is 6.92 Å². The van der Waals surface area contributed by atoms with Crippen molar-refractivity contribution in [3.8, 4) is 11.4 Å². The monoisotopic (exact) mass is 338 g/mol. The molecular weight excluding hydrogens is 324 g/mol. The maximum atomic E-state index is 6.11. The van der Waals surface area contributed by atoms with Crippen molar-refractivity contribution in [1.29, 1.82) is 0 Å². The summed E-state index contributed by atoms with van der Waals surface area (Å²) in [6.45, 7) is 8.38. The smallest absolute Gasteiger partial charge is 0.161 e. The van der Waals surface area contributed by atoms with Gasteiger partial charge in [0.25, 0.3) is 0 Å². The molecule has 19 heavy (non-hydrogen) atoms. The van der Waals surface area contributed by atoms with Gasteiger partial charge < -0.3 is 0 Å². The van der Waals surface area contributed by atoms with Crippen molar-refractivity contribution in [2.75, 3.05) is 0 Å². The molecule has 1 aromatic heterocycles. The summed E-state index contributed by atoms with van der Waals surface area (Å²) in [5, 5.41) is 0.478. The predicted molar refractivity (Wildman–Crippen MR) is 83.6 cm³/mol. The number of halogens is 2. The highest BCUT2D eigenvalue weighted by Crippen LogP contribution is 2.28. The molecule has 2 rings (SSSR count). The van der Waals surface area contributed by atoms with Crippen LogP contribution in [0.1, 0.15) is 32.0 Å². The first-order valence-corrected chi connectivity index (χ1v) is 7.26. The third kappa shape index (κ3) is 3.34. The summed E-state index contributed by atoms with van der Waals surface area (Å²) in [4.78, 5) is 8.95. The van der Waals surface area contributed by atoms with Gasteiger partial charge >= 0.3 is 0 Å². The standard InChI is InChI=1S/C15H16BrClN2/c1-9-5-6-10(7-11(9)16)14-18-12(15(2,3)4)8-13(17)19-14/h5-8H,1-4H3. The fourth-order valence-electron chi connectivity index (χ4n) is 1.66. The topological polar surface area (TPSA) is 25.8 Å². The molecule has 1 heterocycles. The number of aromatic nitrogens is 2. The molecule has 0 radical (unpaired) electrons. The van der Waals surface area contributed by atoms with Crippen LogP contribution in [-0.2, 0) is 5.41 Å². The predicted octanol–water partition coefficient (Wildman–Crippen LogP) is 5.17. The first-order chi connectivity index (χ1) is 8.77. The molecule has 0 aliphatic carbocycles. The maximum Gasteiger partial charge on any atom is 0.161 e. The molecule has 4 heteroatoms. The van der Waals surface area contributed by atoms with Gasteiger partial charge in [0.15, 0.2) is 5.82 Å².